The summed E-state index contributed by atoms with van der Waals surface area (Å²) in [7, 11) is 0. The van der Waals surface area contributed by atoms with Crippen LogP contribution in [0.5, 0.6) is 0 Å². The van der Waals surface area contributed by atoms with Gasteiger partial charge in [0, 0.05) is 26.2 Å². The van der Waals surface area contributed by atoms with Crippen LogP contribution in [0.4, 0.5) is 0 Å². The van der Waals surface area contributed by atoms with E-state index >= 15 is 0 Å². The van der Waals surface area contributed by atoms with Crippen molar-refractivity contribution in [3.05, 3.63) is 0 Å². The number of rotatable bonds is 35. The SMILES string of the molecule is CCCCCCCCCCN(CC(N)=O)C(=O)CN(CC(CC)CCCC)C(=O)CN(CCCCCCCCCC)C(=O)CNCCCO. The Morgan fingerprint density at radius 3 is 1.49 bits per heavy atom. The van der Waals surface area contributed by atoms with E-state index in [9.17, 15) is 19.2 Å². The molecule has 0 aromatic rings. The lowest BCUT2D eigenvalue weighted by molar-refractivity contribution is -0.145. The van der Waals surface area contributed by atoms with Gasteiger partial charge in [0.2, 0.25) is 23.6 Å². The Morgan fingerprint density at radius 2 is 1.02 bits per heavy atom. The largest absolute Gasteiger partial charge is 0.396 e. The molecule has 10 nitrogen and oxygen atoms in total. The van der Waals surface area contributed by atoms with Gasteiger partial charge in [-0.2, -0.15) is 0 Å². The van der Waals surface area contributed by atoms with Crippen LogP contribution >= 0.6 is 0 Å². The Labute approximate surface area is 300 Å². The highest BCUT2D eigenvalue weighted by molar-refractivity contribution is 5.90. The molecule has 0 rings (SSSR count). The van der Waals surface area contributed by atoms with Gasteiger partial charge < -0.3 is 30.9 Å². The van der Waals surface area contributed by atoms with Gasteiger partial charge in [-0.1, -0.05) is 137 Å². The second-order valence-electron chi connectivity index (χ2n) is 14.0. The highest BCUT2D eigenvalue weighted by Gasteiger charge is 2.27. The molecule has 1 unspecified atom stereocenters. The summed E-state index contributed by atoms with van der Waals surface area (Å²) < 4.78 is 0. The summed E-state index contributed by atoms with van der Waals surface area (Å²) in [5, 5.41) is 12.2. The highest BCUT2D eigenvalue weighted by atomic mass is 16.3. The predicted octanol–water partition coefficient (Wildman–Crippen LogP) is 6.43. The van der Waals surface area contributed by atoms with Crippen LogP contribution < -0.4 is 11.1 Å². The Balaban J connectivity index is 5.65. The molecule has 0 aliphatic carbocycles. The minimum atomic E-state index is -0.559. The van der Waals surface area contributed by atoms with E-state index in [0.717, 1.165) is 64.2 Å². The highest BCUT2D eigenvalue weighted by Crippen LogP contribution is 2.16. The van der Waals surface area contributed by atoms with Crippen LogP contribution in [0.1, 0.15) is 163 Å². The van der Waals surface area contributed by atoms with E-state index in [1.54, 1.807) is 9.80 Å². The van der Waals surface area contributed by atoms with Gasteiger partial charge in [0.15, 0.2) is 0 Å². The monoisotopic (exact) mass is 696 g/mol. The number of nitrogens with one attached hydrogen (secondary N) is 1. The van der Waals surface area contributed by atoms with Crippen molar-refractivity contribution in [2.45, 2.75) is 163 Å². The molecule has 0 aliphatic rings. The fraction of sp³-hybridized carbons (Fsp3) is 0.897. The number of primary amides is 1. The third-order valence-electron chi connectivity index (χ3n) is 9.43. The first-order valence-electron chi connectivity index (χ1n) is 20.2. The molecule has 0 saturated carbocycles. The summed E-state index contributed by atoms with van der Waals surface area (Å²) in [4.78, 5) is 57.7. The predicted molar refractivity (Wildman–Crippen MR) is 202 cm³/mol. The number of unbranched alkanes of at least 4 members (excludes halogenated alkanes) is 15. The van der Waals surface area contributed by atoms with Gasteiger partial charge in [0.25, 0.3) is 0 Å². The molecule has 0 bridgehead atoms. The second kappa shape index (κ2) is 33.0. The quantitative estimate of drug-likeness (QED) is 0.0655. The maximum Gasteiger partial charge on any atom is 0.242 e. The van der Waals surface area contributed by atoms with Crippen molar-refractivity contribution in [2.24, 2.45) is 11.7 Å². The van der Waals surface area contributed by atoms with Gasteiger partial charge in [-0.05, 0) is 38.1 Å². The molecule has 0 saturated heterocycles. The van der Waals surface area contributed by atoms with Crippen molar-refractivity contribution in [3.8, 4) is 0 Å². The summed E-state index contributed by atoms with van der Waals surface area (Å²) in [5.41, 5.74) is 5.56. The van der Waals surface area contributed by atoms with E-state index < -0.39 is 5.91 Å². The summed E-state index contributed by atoms with van der Waals surface area (Å²) in [5.74, 6) is -0.977. The second-order valence-corrected chi connectivity index (χ2v) is 14.0. The molecule has 4 N–H and O–H groups in total. The number of amides is 4. The molecule has 0 fully saturated rings. The van der Waals surface area contributed by atoms with Crippen LogP contribution in [0.15, 0.2) is 0 Å². The third-order valence-corrected chi connectivity index (χ3v) is 9.43. The van der Waals surface area contributed by atoms with E-state index in [-0.39, 0.29) is 56.4 Å². The Hall–Kier alpha value is -2.20. The minimum Gasteiger partial charge on any atom is -0.396 e. The van der Waals surface area contributed by atoms with E-state index in [0.29, 0.717) is 32.6 Å². The first-order chi connectivity index (χ1) is 23.7. The lowest BCUT2D eigenvalue weighted by Gasteiger charge is -2.32. The normalized spacial score (nSPS) is 11.8. The van der Waals surface area contributed by atoms with Crippen LogP contribution in [-0.4, -0.2) is 102 Å². The van der Waals surface area contributed by atoms with Gasteiger partial charge in [0.05, 0.1) is 26.2 Å². The number of aliphatic hydroxyl groups is 1. The molecular formula is C39H77N5O5. The summed E-state index contributed by atoms with van der Waals surface area (Å²) >= 11 is 0. The average Bonchev–Trinajstić information content (AvgIpc) is 3.08. The lowest BCUT2D eigenvalue weighted by atomic mass is 9.98. The molecule has 0 aromatic carbocycles. The number of hydrogen-bond acceptors (Lipinski definition) is 6. The molecule has 0 heterocycles. The zero-order chi connectivity index (χ0) is 36.5. The molecule has 10 heteroatoms. The van der Waals surface area contributed by atoms with Crippen LogP contribution in [0, 0.1) is 5.92 Å². The summed E-state index contributed by atoms with van der Waals surface area (Å²) in [6.45, 7) is 10.4. The number of hydrogen-bond donors (Lipinski definition) is 3. The van der Waals surface area contributed by atoms with Gasteiger partial charge in [-0.25, -0.2) is 0 Å². The average molecular weight is 696 g/mol. The number of carbonyl (C=O) groups excluding carboxylic acids is 4. The van der Waals surface area contributed by atoms with Gasteiger partial charge in [0.1, 0.15) is 0 Å². The lowest BCUT2D eigenvalue weighted by Crippen LogP contribution is -2.51. The Bertz CT molecular complexity index is 843. The smallest absolute Gasteiger partial charge is 0.242 e. The van der Waals surface area contributed by atoms with E-state index in [1.165, 1.54) is 69.1 Å². The van der Waals surface area contributed by atoms with E-state index in [2.05, 4.69) is 33.0 Å². The first-order valence-corrected chi connectivity index (χ1v) is 20.2. The molecule has 1 atom stereocenters. The molecule has 4 amide bonds. The Morgan fingerprint density at radius 1 is 0.571 bits per heavy atom. The van der Waals surface area contributed by atoms with Crippen LogP contribution in [0.3, 0.4) is 0 Å². The maximum atomic E-state index is 14.0. The van der Waals surface area contributed by atoms with E-state index in [1.807, 2.05) is 0 Å². The molecule has 0 radical (unpaired) electrons. The molecule has 49 heavy (non-hydrogen) atoms. The van der Waals surface area contributed by atoms with Crippen molar-refractivity contribution in [1.29, 1.82) is 0 Å². The molecule has 0 aliphatic heterocycles. The summed E-state index contributed by atoms with van der Waals surface area (Å²) in [6.07, 6.45) is 22.6. The maximum absolute atomic E-state index is 14.0. The molecular weight excluding hydrogens is 618 g/mol. The summed E-state index contributed by atoms with van der Waals surface area (Å²) in [6, 6.07) is 0. The fourth-order valence-corrected chi connectivity index (χ4v) is 6.17. The van der Waals surface area contributed by atoms with Crippen LogP contribution in [0.2, 0.25) is 0 Å². The Kier molecular flexibility index (Phi) is 31.5. The number of aliphatic hydroxyl groups excluding tert-OH is 1. The fourth-order valence-electron chi connectivity index (χ4n) is 6.17. The van der Waals surface area contributed by atoms with Crippen molar-refractivity contribution in [2.75, 3.05) is 59.0 Å². The number of nitrogens with two attached hydrogens (primary N) is 1. The number of nitrogens with zero attached hydrogens (tertiary/aromatic N) is 3. The van der Waals surface area contributed by atoms with Gasteiger partial charge >= 0.3 is 0 Å². The standard InChI is InChI=1S/C39H77N5O5/c1-5-9-12-14-16-18-20-22-27-42(32-36(40)46)38(48)34-44(31-35(8-4)25-11-7-3)39(49)33-43(37(47)30-41-26-24-29-45)28-23-21-19-17-15-13-10-6-2/h35,41,45H,5-34H2,1-4H3,(H2,40,46). The molecule has 0 aromatic heterocycles. The van der Waals surface area contributed by atoms with Crippen molar-refractivity contribution >= 4 is 23.6 Å². The van der Waals surface area contributed by atoms with Crippen LogP contribution in [0.25, 0.3) is 0 Å². The topological polar surface area (TPSA) is 136 Å². The van der Waals surface area contributed by atoms with Gasteiger partial charge in [-0.3, -0.25) is 19.2 Å². The van der Waals surface area contributed by atoms with Gasteiger partial charge in [-0.15, -0.1) is 0 Å². The zero-order valence-corrected chi connectivity index (χ0v) is 32.3. The third kappa shape index (κ3) is 26.3. The van der Waals surface area contributed by atoms with Crippen molar-refractivity contribution in [1.82, 2.24) is 20.0 Å². The van der Waals surface area contributed by atoms with E-state index in [4.69, 9.17) is 10.8 Å². The van der Waals surface area contributed by atoms with Crippen molar-refractivity contribution < 1.29 is 24.3 Å². The zero-order valence-electron chi connectivity index (χ0n) is 32.3. The van der Waals surface area contributed by atoms with Crippen LogP contribution in [-0.2, 0) is 19.2 Å². The molecule has 288 valence electrons. The number of carbonyl (C=O) groups is 4. The van der Waals surface area contributed by atoms with Crippen molar-refractivity contribution in [3.63, 3.8) is 0 Å². The minimum absolute atomic E-state index is 0.0487. The molecule has 0 spiro atoms. The first kappa shape index (κ1) is 46.8.